The number of hydrogen-bond donors (Lipinski definition) is 2. The molecule has 0 atom stereocenters. The summed E-state index contributed by atoms with van der Waals surface area (Å²) in [4.78, 5) is 0. The van der Waals surface area contributed by atoms with Crippen LogP contribution >= 0.6 is 23.4 Å². The number of hydrogen-bond acceptors (Lipinski definition) is 6. The predicted octanol–water partition coefficient (Wildman–Crippen LogP) is 5.00. The molecule has 0 saturated heterocycles. The van der Waals surface area contributed by atoms with E-state index in [2.05, 4.69) is 52.6 Å². The molecule has 0 unspecified atom stereocenters. The standard InChI is InChI=1S/C24H21ClN6S/c25-20-12-7-13-21(14-20)31-24(32-17-19-10-5-2-6-11-19)22(15-26-31)23-27-28-29-30(23)16-18-8-3-1-4-9-18/h1-15,28-29H,16-17H2. The van der Waals surface area contributed by atoms with Gasteiger partial charge in [0, 0.05) is 10.8 Å². The van der Waals surface area contributed by atoms with Crippen molar-refractivity contribution in [3.63, 3.8) is 0 Å². The second kappa shape index (κ2) is 9.48. The van der Waals surface area contributed by atoms with Crippen molar-refractivity contribution in [1.29, 1.82) is 0 Å². The van der Waals surface area contributed by atoms with E-state index in [-0.39, 0.29) is 0 Å². The van der Waals surface area contributed by atoms with E-state index < -0.39 is 0 Å². The van der Waals surface area contributed by atoms with Crippen LogP contribution in [-0.4, -0.2) is 20.6 Å². The molecule has 0 aliphatic carbocycles. The lowest BCUT2D eigenvalue weighted by Crippen LogP contribution is -2.40. The van der Waals surface area contributed by atoms with Crippen LogP contribution in [0.3, 0.4) is 0 Å². The Morgan fingerprint density at radius 2 is 1.62 bits per heavy atom. The maximum atomic E-state index is 6.27. The van der Waals surface area contributed by atoms with Crippen LogP contribution in [0, 0.1) is 0 Å². The van der Waals surface area contributed by atoms with Crippen molar-refractivity contribution in [3.8, 4) is 5.69 Å². The summed E-state index contributed by atoms with van der Waals surface area (Å²) in [6, 6.07) is 28.4. The zero-order valence-corrected chi connectivity index (χ0v) is 18.7. The molecular formula is C24H21ClN6S. The number of hydrazone groups is 1. The highest BCUT2D eigenvalue weighted by molar-refractivity contribution is 7.98. The molecule has 160 valence electrons. The molecule has 32 heavy (non-hydrogen) atoms. The molecule has 0 radical (unpaired) electrons. The summed E-state index contributed by atoms with van der Waals surface area (Å²) in [6.07, 6.45) is 1.86. The fraction of sp³-hybridized carbons (Fsp3) is 0.0833. The van der Waals surface area contributed by atoms with Gasteiger partial charge in [-0.25, -0.2) is 10.2 Å². The zero-order valence-electron chi connectivity index (χ0n) is 17.1. The second-order valence-corrected chi connectivity index (χ2v) is 8.66. The van der Waals surface area contributed by atoms with Crippen molar-refractivity contribution >= 4 is 29.2 Å². The van der Waals surface area contributed by atoms with Crippen LogP contribution in [0.5, 0.6) is 0 Å². The number of rotatable bonds is 7. The Kier molecular flexibility index (Phi) is 6.11. The van der Waals surface area contributed by atoms with Crippen LogP contribution < -0.4 is 11.1 Å². The quantitative estimate of drug-likeness (QED) is 0.380. The van der Waals surface area contributed by atoms with Crippen molar-refractivity contribution in [3.05, 3.63) is 113 Å². The van der Waals surface area contributed by atoms with Gasteiger partial charge in [0.1, 0.15) is 5.03 Å². The molecule has 5 rings (SSSR count). The van der Waals surface area contributed by atoms with E-state index in [1.54, 1.807) is 11.8 Å². The molecule has 1 aromatic heterocycles. The van der Waals surface area contributed by atoms with Gasteiger partial charge in [-0.15, -0.1) is 22.4 Å². The van der Waals surface area contributed by atoms with Crippen molar-refractivity contribution in [2.45, 2.75) is 17.3 Å². The van der Waals surface area contributed by atoms with Gasteiger partial charge in [-0.3, -0.25) is 5.01 Å². The minimum absolute atomic E-state index is 0.664. The van der Waals surface area contributed by atoms with E-state index in [4.69, 9.17) is 16.7 Å². The molecule has 8 heteroatoms. The Balaban J connectivity index is 1.49. The number of thioether (sulfide) groups is 1. The van der Waals surface area contributed by atoms with Crippen LogP contribution in [0.25, 0.3) is 5.69 Å². The molecular weight excluding hydrogens is 440 g/mol. The Morgan fingerprint density at radius 1 is 0.875 bits per heavy atom. The second-order valence-electron chi connectivity index (χ2n) is 7.26. The third-order valence-corrected chi connectivity index (χ3v) is 6.40. The smallest absolute Gasteiger partial charge is 0.177 e. The summed E-state index contributed by atoms with van der Waals surface area (Å²) >= 11 is 7.99. The third kappa shape index (κ3) is 4.50. The van der Waals surface area contributed by atoms with E-state index in [9.17, 15) is 0 Å². The van der Waals surface area contributed by atoms with Crippen LogP contribution in [0.15, 0.2) is 101 Å². The number of nitrogens with zero attached hydrogens (tertiary/aromatic N) is 4. The number of halogens is 1. The van der Waals surface area contributed by atoms with E-state index in [0.29, 0.717) is 11.6 Å². The lowest BCUT2D eigenvalue weighted by molar-refractivity contribution is 0.288. The van der Waals surface area contributed by atoms with Crippen LogP contribution in [-0.2, 0) is 12.3 Å². The van der Waals surface area contributed by atoms with Crippen molar-refractivity contribution in [2.75, 3.05) is 0 Å². The molecule has 6 nitrogen and oxygen atoms in total. The first-order valence-electron chi connectivity index (χ1n) is 10.2. The Labute approximate surface area is 195 Å². The summed E-state index contributed by atoms with van der Waals surface area (Å²) in [5.41, 5.74) is 10.3. The monoisotopic (exact) mass is 460 g/mol. The first-order chi connectivity index (χ1) is 15.8. The minimum Gasteiger partial charge on any atom is -0.266 e. The summed E-state index contributed by atoms with van der Waals surface area (Å²) in [7, 11) is 0. The lowest BCUT2D eigenvalue weighted by atomic mass is 10.2. The number of amidine groups is 1. The van der Waals surface area contributed by atoms with Crippen molar-refractivity contribution in [1.82, 2.24) is 25.9 Å². The first kappa shape index (κ1) is 20.6. The summed E-state index contributed by atoms with van der Waals surface area (Å²) in [5, 5.41) is 12.9. The molecule has 0 fully saturated rings. The lowest BCUT2D eigenvalue weighted by Gasteiger charge is -2.19. The topological polar surface area (TPSA) is 57.5 Å². The molecule has 2 heterocycles. The van der Waals surface area contributed by atoms with Gasteiger partial charge in [0.25, 0.3) is 0 Å². The summed E-state index contributed by atoms with van der Waals surface area (Å²) in [6.45, 7) is 0.664. The van der Waals surface area contributed by atoms with Crippen molar-refractivity contribution < 1.29 is 0 Å². The van der Waals surface area contributed by atoms with Gasteiger partial charge in [-0.1, -0.05) is 78.3 Å². The Morgan fingerprint density at radius 3 is 2.38 bits per heavy atom. The van der Waals surface area contributed by atoms with Gasteiger partial charge in [-0.2, -0.15) is 5.10 Å². The summed E-state index contributed by atoms with van der Waals surface area (Å²) in [5.74, 6) is 1.60. The highest BCUT2D eigenvalue weighted by Crippen LogP contribution is 2.31. The van der Waals surface area contributed by atoms with Gasteiger partial charge in [-0.05, 0) is 29.3 Å². The van der Waals surface area contributed by atoms with Crippen LogP contribution in [0.2, 0.25) is 5.02 Å². The molecule has 1 aliphatic heterocycles. The van der Waals surface area contributed by atoms with E-state index in [1.165, 1.54) is 11.1 Å². The van der Waals surface area contributed by atoms with E-state index in [1.807, 2.05) is 64.4 Å². The first-order valence-corrected chi connectivity index (χ1v) is 11.5. The van der Waals surface area contributed by atoms with Gasteiger partial charge < -0.3 is 0 Å². The highest BCUT2D eigenvalue weighted by atomic mass is 35.5. The molecule has 0 bridgehead atoms. The molecule has 0 saturated carbocycles. The SMILES string of the molecule is Clc1cccc(-n2ncc(C3=NNNN3Cc3ccccc3)c2SCc2ccccc2)c1. The van der Waals surface area contributed by atoms with E-state index in [0.717, 1.165) is 27.9 Å². The van der Waals surface area contributed by atoms with Crippen molar-refractivity contribution in [2.24, 2.45) is 5.10 Å². The Bertz CT molecular complexity index is 1230. The number of hydrazine groups is 2. The average molecular weight is 461 g/mol. The molecule has 0 amide bonds. The van der Waals surface area contributed by atoms with Crippen LogP contribution in [0.4, 0.5) is 0 Å². The maximum Gasteiger partial charge on any atom is 0.177 e. The maximum absolute atomic E-state index is 6.27. The van der Waals surface area contributed by atoms with Gasteiger partial charge >= 0.3 is 0 Å². The zero-order chi connectivity index (χ0) is 21.8. The minimum atomic E-state index is 0.664. The number of aromatic nitrogens is 2. The van der Waals surface area contributed by atoms with Gasteiger partial charge in [0.15, 0.2) is 5.84 Å². The number of nitrogens with one attached hydrogen (secondary N) is 2. The highest BCUT2D eigenvalue weighted by Gasteiger charge is 2.25. The van der Waals surface area contributed by atoms with Gasteiger partial charge in [0.2, 0.25) is 0 Å². The summed E-state index contributed by atoms with van der Waals surface area (Å²) < 4.78 is 1.93. The molecule has 4 aromatic rings. The largest absolute Gasteiger partial charge is 0.266 e. The van der Waals surface area contributed by atoms with E-state index >= 15 is 0 Å². The fourth-order valence-electron chi connectivity index (χ4n) is 3.48. The van der Waals surface area contributed by atoms with Gasteiger partial charge in [0.05, 0.1) is 24.0 Å². The van der Waals surface area contributed by atoms with Crippen LogP contribution in [0.1, 0.15) is 16.7 Å². The molecule has 1 aliphatic rings. The third-order valence-electron chi connectivity index (χ3n) is 5.02. The normalized spacial score (nSPS) is 13.2. The number of benzene rings is 3. The molecule has 0 spiro atoms. The Hall–Kier alpha value is -3.26. The predicted molar refractivity (Wildman–Crippen MR) is 129 cm³/mol. The average Bonchev–Trinajstić information content (AvgIpc) is 3.45. The molecule has 3 aromatic carbocycles. The molecule has 2 N–H and O–H groups in total. The fourth-order valence-corrected chi connectivity index (χ4v) is 4.74.